The van der Waals surface area contributed by atoms with E-state index in [4.69, 9.17) is 9.56 Å². The van der Waals surface area contributed by atoms with Crippen LogP contribution < -0.4 is 5.14 Å². The molecule has 1 heterocycles. The molecule has 4 rings (SSSR count). The molecule has 3 aromatic carbocycles. The van der Waals surface area contributed by atoms with Crippen LogP contribution in [-0.2, 0) is 16.4 Å². The highest BCUT2D eigenvalue weighted by molar-refractivity contribution is 7.89. The predicted octanol–water partition coefficient (Wildman–Crippen LogP) is 4.39. The quantitative estimate of drug-likeness (QED) is 0.531. The highest BCUT2D eigenvalue weighted by Crippen LogP contribution is 2.36. The second-order valence-corrected chi connectivity index (χ2v) is 8.03. The average molecular weight is 408 g/mol. The molecule has 2 N–H and O–H groups in total. The molecule has 0 saturated heterocycles. The Hall–Kier alpha value is -3.29. The molecule has 29 heavy (non-hydrogen) atoms. The monoisotopic (exact) mass is 408 g/mol. The lowest BCUT2D eigenvalue weighted by Crippen LogP contribution is -2.13. The fourth-order valence-corrected chi connectivity index (χ4v) is 3.84. The summed E-state index contributed by atoms with van der Waals surface area (Å²) < 4.78 is 43.6. The van der Waals surface area contributed by atoms with Crippen LogP contribution in [0.2, 0.25) is 0 Å². The summed E-state index contributed by atoms with van der Waals surface area (Å²) in [6, 6.07) is 21.7. The van der Waals surface area contributed by atoms with Gasteiger partial charge in [0, 0.05) is 17.5 Å². The molecule has 7 heteroatoms. The number of nitrogens with zero attached hydrogens (tertiary/aromatic N) is 1. The van der Waals surface area contributed by atoms with Crippen molar-refractivity contribution in [3.05, 3.63) is 96.1 Å². The lowest BCUT2D eigenvalue weighted by atomic mass is 10.1. The van der Waals surface area contributed by atoms with Gasteiger partial charge in [0.05, 0.1) is 4.90 Å². The number of rotatable bonds is 5. The molecule has 0 spiro atoms. The van der Waals surface area contributed by atoms with Gasteiger partial charge in [0.25, 0.3) is 0 Å². The van der Waals surface area contributed by atoms with Gasteiger partial charge in [0.1, 0.15) is 11.5 Å². The minimum Gasteiger partial charge on any atom is -0.440 e. The first kappa shape index (κ1) is 19.0. The number of nitrogens with two attached hydrogens (primary N) is 1. The molecule has 4 aromatic rings. The Labute approximate surface area is 167 Å². The van der Waals surface area contributed by atoms with Crippen molar-refractivity contribution in [3.8, 4) is 22.6 Å². The lowest BCUT2D eigenvalue weighted by molar-refractivity contribution is 0.519. The first-order valence-electron chi connectivity index (χ1n) is 8.83. The number of hydrogen-bond acceptors (Lipinski definition) is 4. The van der Waals surface area contributed by atoms with Gasteiger partial charge in [-0.15, -0.1) is 0 Å². The highest BCUT2D eigenvalue weighted by atomic mass is 32.2. The molecule has 0 aliphatic carbocycles. The summed E-state index contributed by atoms with van der Waals surface area (Å²) in [6.07, 6.45) is 0.423. The number of oxazole rings is 1. The van der Waals surface area contributed by atoms with Crippen molar-refractivity contribution >= 4 is 10.0 Å². The summed E-state index contributed by atoms with van der Waals surface area (Å²) in [5, 5.41) is 5.40. The maximum atomic E-state index is 13.4. The second kappa shape index (κ2) is 7.62. The van der Waals surface area contributed by atoms with Crippen molar-refractivity contribution in [2.24, 2.45) is 5.14 Å². The predicted molar refractivity (Wildman–Crippen MR) is 108 cm³/mol. The zero-order chi connectivity index (χ0) is 20.4. The van der Waals surface area contributed by atoms with Crippen LogP contribution in [0.5, 0.6) is 0 Å². The van der Waals surface area contributed by atoms with E-state index < -0.39 is 10.0 Å². The minimum absolute atomic E-state index is 0.0528. The van der Waals surface area contributed by atoms with Gasteiger partial charge in [-0.3, -0.25) is 0 Å². The number of hydrogen-bond donors (Lipinski definition) is 1. The van der Waals surface area contributed by atoms with E-state index in [1.165, 1.54) is 18.2 Å². The summed E-state index contributed by atoms with van der Waals surface area (Å²) in [5.74, 6) is 0.381. The minimum atomic E-state index is -3.98. The van der Waals surface area contributed by atoms with Crippen molar-refractivity contribution < 1.29 is 17.2 Å². The highest BCUT2D eigenvalue weighted by Gasteiger charge is 2.23. The van der Waals surface area contributed by atoms with Crippen LogP contribution in [-0.4, -0.2) is 13.4 Å². The third-order valence-corrected chi connectivity index (χ3v) is 5.39. The summed E-state index contributed by atoms with van der Waals surface area (Å²) in [6.45, 7) is 0. The molecule has 0 bridgehead atoms. The molecule has 1 aromatic heterocycles. The van der Waals surface area contributed by atoms with Crippen LogP contribution in [0.4, 0.5) is 4.39 Å². The summed E-state index contributed by atoms with van der Waals surface area (Å²) in [7, 11) is -3.98. The molecule has 0 amide bonds. The normalized spacial score (nSPS) is 11.5. The molecule has 0 atom stereocenters. The molecular formula is C22H17FN2O3S. The summed E-state index contributed by atoms with van der Waals surface area (Å²) >= 11 is 0. The van der Waals surface area contributed by atoms with Crippen molar-refractivity contribution in [2.45, 2.75) is 11.3 Å². The molecular weight excluding hydrogens is 391 g/mol. The number of benzene rings is 3. The van der Waals surface area contributed by atoms with Crippen LogP contribution in [0.3, 0.4) is 0 Å². The summed E-state index contributed by atoms with van der Waals surface area (Å²) in [4.78, 5) is 4.52. The number of aromatic nitrogens is 1. The van der Waals surface area contributed by atoms with E-state index in [0.29, 0.717) is 34.9 Å². The zero-order valence-corrected chi connectivity index (χ0v) is 16.1. The SMILES string of the molecule is NS(=O)(=O)c1ccccc1-c1nc(Cc2ccccc2)oc1-c1ccc(F)cc1. The second-order valence-electron chi connectivity index (χ2n) is 6.50. The van der Waals surface area contributed by atoms with Crippen molar-refractivity contribution in [1.82, 2.24) is 4.98 Å². The molecule has 5 nitrogen and oxygen atoms in total. The van der Waals surface area contributed by atoms with Gasteiger partial charge in [-0.2, -0.15) is 0 Å². The van der Waals surface area contributed by atoms with E-state index >= 15 is 0 Å². The van der Waals surface area contributed by atoms with E-state index in [1.807, 2.05) is 30.3 Å². The first-order valence-corrected chi connectivity index (χ1v) is 10.4. The van der Waals surface area contributed by atoms with Gasteiger partial charge in [0.15, 0.2) is 11.7 Å². The number of primary sulfonamides is 1. The van der Waals surface area contributed by atoms with E-state index in [1.54, 1.807) is 30.3 Å². The summed E-state index contributed by atoms with van der Waals surface area (Å²) in [5.41, 5.74) is 2.24. The van der Waals surface area contributed by atoms with Gasteiger partial charge in [0.2, 0.25) is 10.0 Å². The van der Waals surface area contributed by atoms with Crippen LogP contribution in [0.25, 0.3) is 22.6 Å². The van der Waals surface area contributed by atoms with Gasteiger partial charge in [-0.05, 0) is 35.9 Å². The third-order valence-electron chi connectivity index (χ3n) is 4.42. The largest absolute Gasteiger partial charge is 0.440 e. The molecule has 0 saturated carbocycles. The van der Waals surface area contributed by atoms with Crippen LogP contribution in [0.1, 0.15) is 11.5 Å². The van der Waals surface area contributed by atoms with Crippen molar-refractivity contribution in [3.63, 3.8) is 0 Å². The van der Waals surface area contributed by atoms with Gasteiger partial charge < -0.3 is 4.42 Å². The van der Waals surface area contributed by atoms with Gasteiger partial charge in [-0.1, -0.05) is 48.5 Å². The molecule has 0 aliphatic heterocycles. The molecule has 0 aliphatic rings. The van der Waals surface area contributed by atoms with Crippen molar-refractivity contribution in [2.75, 3.05) is 0 Å². The maximum Gasteiger partial charge on any atom is 0.238 e. The Balaban J connectivity index is 1.89. The van der Waals surface area contributed by atoms with E-state index in [0.717, 1.165) is 5.56 Å². The van der Waals surface area contributed by atoms with Crippen LogP contribution in [0.15, 0.2) is 88.2 Å². The van der Waals surface area contributed by atoms with E-state index in [-0.39, 0.29) is 10.7 Å². The smallest absolute Gasteiger partial charge is 0.238 e. The van der Waals surface area contributed by atoms with Gasteiger partial charge in [-0.25, -0.2) is 22.9 Å². The number of halogens is 1. The topological polar surface area (TPSA) is 86.2 Å². The maximum absolute atomic E-state index is 13.4. The molecule has 0 fully saturated rings. The zero-order valence-electron chi connectivity index (χ0n) is 15.2. The molecule has 0 radical (unpaired) electrons. The lowest BCUT2D eigenvalue weighted by Gasteiger charge is -2.06. The Morgan fingerprint density at radius 1 is 0.897 bits per heavy atom. The molecule has 146 valence electrons. The Kier molecular flexibility index (Phi) is 5.00. The van der Waals surface area contributed by atoms with E-state index in [2.05, 4.69) is 4.98 Å². The standard InChI is InChI=1S/C22H17FN2O3S/c23-17-12-10-16(11-13-17)22-21(18-8-4-5-9-19(18)29(24,26)27)25-20(28-22)14-15-6-2-1-3-7-15/h1-13H,14H2,(H2,24,26,27). The Bertz CT molecular complexity index is 1250. The third kappa shape index (κ3) is 4.11. The van der Waals surface area contributed by atoms with Crippen molar-refractivity contribution in [1.29, 1.82) is 0 Å². The number of sulfonamides is 1. The Morgan fingerprint density at radius 3 is 2.24 bits per heavy atom. The van der Waals surface area contributed by atoms with Crippen LogP contribution in [0, 0.1) is 5.82 Å². The fraction of sp³-hybridized carbons (Fsp3) is 0.0455. The van der Waals surface area contributed by atoms with Crippen LogP contribution >= 0.6 is 0 Å². The average Bonchev–Trinajstić information content (AvgIpc) is 3.12. The molecule has 0 unspecified atom stereocenters. The fourth-order valence-electron chi connectivity index (χ4n) is 3.10. The Morgan fingerprint density at radius 2 is 1.55 bits per heavy atom. The van der Waals surface area contributed by atoms with E-state index in [9.17, 15) is 12.8 Å². The first-order chi connectivity index (χ1) is 13.9. The van der Waals surface area contributed by atoms with Gasteiger partial charge >= 0.3 is 0 Å².